The van der Waals surface area contributed by atoms with Crippen molar-refractivity contribution in [2.75, 3.05) is 19.0 Å². The Morgan fingerprint density at radius 3 is 3.00 bits per heavy atom. The Balaban J connectivity index is 2.60. The lowest BCUT2D eigenvalue weighted by atomic mass is 10.0. The van der Waals surface area contributed by atoms with E-state index in [-0.39, 0.29) is 5.78 Å². The van der Waals surface area contributed by atoms with Crippen molar-refractivity contribution in [3.8, 4) is 5.75 Å². The van der Waals surface area contributed by atoms with Crippen LogP contribution in [0.5, 0.6) is 5.75 Å². The molecule has 0 atom stereocenters. The van der Waals surface area contributed by atoms with Crippen LogP contribution in [0.2, 0.25) is 5.02 Å². The number of methoxy groups -OCH3 is 1. The van der Waals surface area contributed by atoms with Crippen molar-refractivity contribution in [1.29, 1.82) is 0 Å². The van der Waals surface area contributed by atoms with Gasteiger partial charge in [-0.15, -0.1) is 0 Å². The van der Waals surface area contributed by atoms with Gasteiger partial charge in [0.25, 0.3) is 0 Å². The summed E-state index contributed by atoms with van der Waals surface area (Å²) < 4.78 is 5.14. The minimum absolute atomic E-state index is 0.111. The van der Waals surface area contributed by atoms with E-state index in [0.717, 1.165) is 5.69 Å². The molecule has 0 aromatic heterocycles. The Hall–Kier alpha value is -1.22. The van der Waals surface area contributed by atoms with Crippen molar-refractivity contribution in [3.63, 3.8) is 0 Å². The van der Waals surface area contributed by atoms with Crippen LogP contribution in [0.15, 0.2) is 12.1 Å². The van der Waals surface area contributed by atoms with Crippen molar-refractivity contribution in [2.24, 2.45) is 0 Å². The molecule has 0 bridgehead atoms. The van der Waals surface area contributed by atoms with Gasteiger partial charge >= 0.3 is 0 Å². The topological polar surface area (TPSA) is 38.3 Å². The van der Waals surface area contributed by atoms with Gasteiger partial charge in [0, 0.05) is 29.6 Å². The molecule has 1 aliphatic heterocycles. The van der Waals surface area contributed by atoms with Crippen LogP contribution in [-0.4, -0.2) is 19.4 Å². The number of fused-ring (bicyclic) bond motifs is 1. The third kappa shape index (κ3) is 1.44. The summed E-state index contributed by atoms with van der Waals surface area (Å²) in [5.74, 6) is 0.736. The number of nitrogens with one attached hydrogen (secondary N) is 1. The second-order valence-corrected chi connectivity index (χ2v) is 3.57. The molecule has 14 heavy (non-hydrogen) atoms. The van der Waals surface area contributed by atoms with E-state index < -0.39 is 0 Å². The SMILES string of the molecule is COc1cc(Cl)cc2c1NCCC2=O. The maximum atomic E-state index is 11.6. The number of carbonyl (C=O) groups excluding carboxylic acids is 1. The number of benzene rings is 1. The van der Waals surface area contributed by atoms with Gasteiger partial charge in [0.15, 0.2) is 5.78 Å². The summed E-state index contributed by atoms with van der Waals surface area (Å²) in [7, 11) is 1.56. The van der Waals surface area contributed by atoms with Crippen LogP contribution in [0.25, 0.3) is 0 Å². The average molecular weight is 212 g/mol. The number of hydrogen-bond donors (Lipinski definition) is 1. The molecule has 0 unspecified atom stereocenters. The summed E-state index contributed by atoms with van der Waals surface area (Å²) in [6, 6.07) is 3.37. The van der Waals surface area contributed by atoms with Crippen LogP contribution in [0.1, 0.15) is 16.8 Å². The first kappa shape index (κ1) is 9.34. The largest absolute Gasteiger partial charge is 0.495 e. The quantitative estimate of drug-likeness (QED) is 0.775. The summed E-state index contributed by atoms with van der Waals surface area (Å²) in [6.07, 6.45) is 0.510. The van der Waals surface area contributed by atoms with Crippen LogP contribution in [0.4, 0.5) is 5.69 Å². The summed E-state index contributed by atoms with van der Waals surface area (Å²) in [6.45, 7) is 0.657. The maximum absolute atomic E-state index is 11.6. The molecule has 0 aliphatic carbocycles. The predicted molar refractivity (Wildman–Crippen MR) is 55.4 cm³/mol. The molecule has 0 saturated carbocycles. The lowest BCUT2D eigenvalue weighted by molar-refractivity contribution is 0.0983. The van der Waals surface area contributed by atoms with Crippen molar-refractivity contribution in [3.05, 3.63) is 22.7 Å². The molecule has 0 saturated heterocycles. The first-order valence-electron chi connectivity index (χ1n) is 4.37. The van der Waals surface area contributed by atoms with Gasteiger partial charge in [-0.25, -0.2) is 0 Å². The highest BCUT2D eigenvalue weighted by atomic mass is 35.5. The van der Waals surface area contributed by atoms with Gasteiger partial charge in [0.1, 0.15) is 5.75 Å². The zero-order valence-electron chi connectivity index (χ0n) is 7.76. The Morgan fingerprint density at radius 1 is 1.50 bits per heavy atom. The number of rotatable bonds is 1. The number of ether oxygens (including phenoxy) is 1. The van der Waals surface area contributed by atoms with Crippen LogP contribution >= 0.6 is 11.6 Å². The normalized spacial score (nSPS) is 14.6. The summed E-state index contributed by atoms with van der Waals surface area (Å²) in [5, 5.41) is 3.66. The maximum Gasteiger partial charge on any atom is 0.166 e. The van der Waals surface area contributed by atoms with Crippen LogP contribution in [0.3, 0.4) is 0 Å². The second kappa shape index (κ2) is 3.50. The fourth-order valence-corrected chi connectivity index (χ4v) is 1.79. The van der Waals surface area contributed by atoms with E-state index in [2.05, 4.69) is 5.32 Å². The minimum atomic E-state index is 0.111. The molecule has 1 heterocycles. The van der Waals surface area contributed by atoms with Crippen LogP contribution in [-0.2, 0) is 0 Å². The molecule has 1 N–H and O–H groups in total. The summed E-state index contributed by atoms with van der Waals surface area (Å²) in [5.41, 5.74) is 1.38. The zero-order chi connectivity index (χ0) is 10.1. The Bertz CT molecular complexity index is 390. The van der Waals surface area contributed by atoms with Gasteiger partial charge in [-0.1, -0.05) is 11.6 Å². The Kier molecular flexibility index (Phi) is 2.33. The molecule has 3 nitrogen and oxygen atoms in total. The fourth-order valence-electron chi connectivity index (χ4n) is 1.58. The third-order valence-electron chi connectivity index (χ3n) is 2.24. The summed E-state index contributed by atoms with van der Waals surface area (Å²) >= 11 is 5.87. The minimum Gasteiger partial charge on any atom is -0.495 e. The van der Waals surface area contributed by atoms with Gasteiger partial charge in [0.05, 0.1) is 12.8 Å². The molecule has 1 aromatic carbocycles. The van der Waals surface area contributed by atoms with Crippen molar-refractivity contribution in [2.45, 2.75) is 6.42 Å². The molecule has 74 valence electrons. The van der Waals surface area contributed by atoms with Gasteiger partial charge in [-0.2, -0.15) is 0 Å². The zero-order valence-corrected chi connectivity index (χ0v) is 8.52. The first-order valence-corrected chi connectivity index (χ1v) is 4.75. The van der Waals surface area contributed by atoms with Gasteiger partial charge < -0.3 is 10.1 Å². The molecule has 1 aromatic rings. The predicted octanol–water partition coefficient (Wildman–Crippen LogP) is 2.35. The molecular weight excluding hydrogens is 202 g/mol. The van der Waals surface area contributed by atoms with Crippen LogP contribution < -0.4 is 10.1 Å². The molecule has 2 rings (SSSR count). The van der Waals surface area contributed by atoms with E-state index in [9.17, 15) is 4.79 Å². The van der Waals surface area contributed by atoms with E-state index in [1.807, 2.05) is 0 Å². The highest BCUT2D eigenvalue weighted by Gasteiger charge is 2.20. The second-order valence-electron chi connectivity index (χ2n) is 3.13. The highest BCUT2D eigenvalue weighted by Crippen LogP contribution is 2.34. The van der Waals surface area contributed by atoms with E-state index in [4.69, 9.17) is 16.3 Å². The first-order chi connectivity index (χ1) is 6.72. The van der Waals surface area contributed by atoms with E-state index in [1.54, 1.807) is 19.2 Å². The third-order valence-corrected chi connectivity index (χ3v) is 2.46. The van der Waals surface area contributed by atoms with Gasteiger partial charge in [0.2, 0.25) is 0 Å². The van der Waals surface area contributed by atoms with E-state index in [0.29, 0.717) is 29.3 Å². The number of carbonyl (C=O) groups is 1. The molecular formula is C10H10ClNO2. The lowest BCUT2D eigenvalue weighted by Gasteiger charge is -2.19. The highest BCUT2D eigenvalue weighted by molar-refractivity contribution is 6.31. The number of ketones is 1. The molecule has 0 radical (unpaired) electrons. The fraction of sp³-hybridized carbons (Fsp3) is 0.300. The molecule has 4 heteroatoms. The monoisotopic (exact) mass is 211 g/mol. The number of anilines is 1. The molecule has 0 spiro atoms. The van der Waals surface area contributed by atoms with Gasteiger partial charge in [-0.05, 0) is 6.07 Å². The molecule has 0 amide bonds. The number of halogens is 1. The van der Waals surface area contributed by atoms with Crippen molar-refractivity contribution < 1.29 is 9.53 Å². The Morgan fingerprint density at radius 2 is 2.29 bits per heavy atom. The number of hydrogen-bond acceptors (Lipinski definition) is 3. The smallest absolute Gasteiger partial charge is 0.166 e. The summed E-state index contributed by atoms with van der Waals surface area (Å²) in [4.78, 5) is 11.6. The number of Topliss-reactive ketones (excluding diaryl/α,β-unsaturated/α-hetero) is 1. The van der Waals surface area contributed by atoms with Gasteiger partial charge in [-0.3, -0.25) is 4.79 Å². The van der Waals surface area contributed by atoms with E-state index in [1.165, 1.54) is 0 Å². The lowest BCUT2D eigenvalue weighted by Crippen LogP contribution is -2.18. The molecule has 0 fully saturated rings. The average Bonchev–Trinajstić information content (AvgIpc) is 2.18. The van der Waals surface area contributed by atoms with Crippen molar-refractivity contribution in [1.82, 2.24) is 0 Å². The van der Waals surface area contributed by atoms with Crippen LogP contribution in [0, 0.1) is 0 Å². The van der Waals surface area contributed by atoms with E-state index >= 15 is 0 Å². The Labute approximate surface area is 87.0 Å². The molecule has 1 aliphatic rings. The standard InChI is InChI=1S/C10H10ClNO2/c1-14-9-5-6(11)4-7-8(13)2-3-12-10(7)9/h4-5,12H,2-3H2,1H3. The van der Waals surface area contributed by atoms with Crippen molar-refractivity contribution >= 4 is 23.1 Å².